The van der Waals surface area contributed by atoms with Crippen molar-refractivity contribution < 1.29 is 9.32 Å². The molecule has 0 spiro atoms. The number of nitrogens with zero attached hydrogens (tertiary/aromatic N) is 3. The van der Waals surface area contributed by atoms with Crippen LogP contribution in [0.25, 0.3) is 11.4 Å². The van der Waals surface area contributed by atoms with Crippen LogP contribution in [-0.4, -0.2) is 27.6 Å². The van der Waals surface area contributed by atoms with E-state index >= 15 is 0 Å². The van der Waals surface area contributed by atoms with Crippen LogP contribution in [0.3, 0.4) is 0 Å². The lowest BCUT2D eigenvalue weighted by atomic mass is 9.72. The molecule has 0 aromatic carbocycles. The number of pyridine rings is 1. The van der Waals surface area contributed by atoms with Crippen LogP contribution in [0.2, 0.25) is 0 Å². The standard InChI is InChI=1S/C16H18N4O2/c21-14-16(7-10-18-14,12-3-1-2-4-12)15-19-13(20-22-15)11-5-8-17-9-6-11/h5-6,8-9,12H,1-4,7,10H2,(H,18,21). The second-order valence-corrected chi connectivity index (χ2v) is 6.12. The average molecular weight is 298 g/mol. The van der Waals surface area contributed by atoms with E-state index in [4.69, 9.17) is 4.52 Å². The first-order valence-electron chi connectivity index (χ1n) is 7.83. The molecule has 2 aromatic heterocycles. The van der Waals surface area contributed by atoms with Crippen molar-refractivity contribution in [3.63, 3.8) is 0 Å². The van der Waals surface area contributed by atoms with Crippen molar-refractivity contribution in [1.29, 1.82) is 0 Å². The van der Waals surface area contributed by atoms with Gasteiger partial charge in [0.2, 0.25) is 17.6 Å². The molecule has 1 unspecified atom stereocenters. The third-order valence-electron chi connectivity index (χ3n) is 5.01. The lowest BCUT2D eigenvalue weighted by molar-refractivity contribution is -0.126. The number of rotatable bonds is 3. The maximum Gasteiger partial charge on any atom is 0.243 e. The van der Waals surface area contributed by atoms with E-state index in [0.29, 0.717) is 24.2 Å². The zero-order valence-corrected chi connectivity index (χ0v) is 12.3. The van der Waals surface area contributed by atoms with Crippen LogP contribution in [0.1, 0.15) is 38.0 Å². The SMILES string of the molecule is O=C1NCCC1(c1nc(-c2ccncc2)no1)C1CCCC1. The summed E-state index contributed by atoms with van der Waals surface area (Å²) < 4.78 is 5.55. The van der Waals surface area contributed by atoms with E-state index in [0.717, 1.165) is 24.8 Å². The van der Waals surface area contributed by atoms with Crippen molar-refractivity contribution in [2.45, 2.75) is 37.5 Å². The number of nitrogens with one attached hydrogen (secondary N) is 1. The molecule has 6 heteroatoms. The van der Waals surface area contributed by atoms with Gasteiger partial charge in [-0.25, -0.2) is 0 Å². The highest BCUT2D eigenvalue weighted by atomic mass is 16.5. The van der Waals surface area contributed by atoms with Crippen LogP contribution in [0.15, 0.2) is 29.0 Å². The molecule has 4 rings (SSSR count). The van der Waals surface area contributed by atoms with Crippen molar-refractivity contribution in [1.82, 2.24) is 20.4 Å². The van der Waals surface area contributed by atoms with Gasteiger partial charge in [0.1, 0.15) is 5.41 Å². The Hall–Kier alpha value is -2.24. The fraction of sp³-hybridized carbons (Fsp3) is 0.500. The molecule has 1 N–H and O–H groups in total. The third kappa shape index (κ3) is 1.94. The number of carbonyl (C=O) groups excluding carboxylic acids is 1. The van der Waals surface area contributed by atoms with Crippen molar-refractivity contribution in [2.24, 2.45) is 5.92 Å². The Morgan fingerprint density at radius 1 is 1.23 bits per heavy atom. The summed E-state index contributed by atoms with van der Waals surface area (Å²) in [4.78, 5) is 21.1. The van der Waals surface area contributed by atoms with Gasteiger partial charge < -0.3 is 9.84 Å². The number of hydrogen-bond acceptors (Lipinski definition) is 5. The summed E-state index contributed by atoms with van der Waals surface area (Å²) in [6.07, 6.45) is 8.59. The second kappa shape index (κ2) is 5.19. The lowest BCUT2D eigenvalue weighted by Crippen LogP contribution is -2.41. The first-order valence-corrected chi connectivity index (χ1v) is 7.83. The summed E-state index contributed by atoms with van der Waals surface area (Å²) in [6, 6.07) is 3.68. The molecule has 3 heterocycles. The summed E-state index contributed by atoms with van der Waals surface area (Å²) in [5, 5.41) is 7.05. The van der Waals surface area contributed by atoms with Gasteiger partial charge in [0, 0.05) is 24.5 Å². The van der Waals surface area contributed by atoms with Crippen molar-refractivity contribution in [2.75, 3.05) is 6.54 Å². The Morgan fingerprint density at radius 2 is 2.00 bits per heavy atom. The van der Waals surface area contributed by atoms with Crippen LogP contribution >= 0.6 is 0 Å². The van der Waals surface area contributed by atoms with E-state index in [2.05, 4.69) is 20.4 Å². The van der Waals surface area contributed by atoms with E-state index < -0.39 is 5.41 Å². The van der Waals surface area contributed by atoms with Gasteiger partial charge in [0.25, 0.3) is 0 Å². The summed E-state index contributed by atoms with van der Waals surface area (Å²) in [7, 11) is 0. The maximum absolute atomic E-state index is 12.6. The van der Waals surface area contributed by atoms with E-state index in [1.165, 1.54) is 12.8 Å². The number of aromatic nitrogens is 3. The van der Waals surface area contributed by atoms with Crippen LogP contribution in [0.4, 0.5) is 0 Å². The molecule has 1 aliphatic heterocycles. The minimum Gasteiger partial charge on any atom is -0.355 e. The van der Waals surface area contributed by atoms with Crippen molar-refractivity contribution >= 4 is 5.91 Å². The van der Waals surface area contributed by atoms with E-state index in [-0.39, 0.29) is 5.91 Å². The molecule has 2 aromatic rings. The smallest absolute Gasteiger partial charge is 0.243 e. The van der Waals surface area contributed by atoms with Crippen molar-refractivity contribution in [3.8, 4) is 11.4 Å². The monoisotopic (exact) mass is 298 g/mol. The van der Waals surface area contributed by atoms with E-state index in [1.54, 1.807) is 12.4 Å². The van der Waals surface area contributed by atoms with E-state index in [1.807, 2.05) is 12.1 Å². The van der Waals surface area contributed by atoms with Gasteiger partial charge in [-0.15, -0.1) is 0 Å². The summed E-state index contributed by atoms with van der Waals surface area (Å²) in [6.45, 7) is 0.683. The van der Waals surface area contributed by atoms with Crippen LogP contribution in [-0.2, 0) is 10.2 Å². The fourth-order valence-corrected chi connectivity index (χ4v) is 3.85. The molecule has 1 atom stereocenters. The van der Waals surface area contributed by atoms with Crippen LogP contribution in [0, 0.1) is 5.92 Å². The van der Waals surface area contributed by atoms with Gasteiger partial charge in [-0.2, -0.15) is 4.98 Å². The van der Waals surface area contributed by atoms with Crippen molar-refractivity contribution in [3.05, 3.63) is 30.4 Å². The van der Waals surface area contributed by atoms with Gasteiger partial charge in [0.15, 0.2) is 0 Å². The second-order valence-electron chi connectivity index (χ2n) is 6.12. The Kier molecular flexibility index (Phi) is 3.17. The molecule has 2 fully saturated rings. The van der Waals surface area contributed by atoms with E-state index in [9.17, 15) is 4.79 Å². The van der Waals surface area contributed by atoms with Gasteiger partial charge in [-0.05, 0) is 37.3 Å². The Balaban J connectivity index is 1.75. The Bertz CT molecular complexity index is 678. The van der Waals surface area contributed by atoms with Gasteiger partial charge in [-0.1, -0.05) is 18.0 Å². The van der Waals surface area contributed by atoms with Gasteiger partial charge >= 0.3 is 0 Å². The molecule has 1 saturated carbocycles. The highest BCUT2D eigenvalue weighted by molar-refractivity contribution is 5.89. The molecule has 1 saturated heterocycles. The zero-order chi connectivity index (χ0) is 15.0. The molecule has 114 valence electrons. The maximum atomic E-state index is 12.6. The molecule has 22 heavy (non-hydrogen) atoms. The Labute approximate surface area is 128 Å². The highest BCUT2D eigenvalue weighted by Crippen LogP contribution is 2.46. The normalized spacial score (nSPS) is 25.5. The van der Waals surface area contributed by atoms with Gasteiger partial charge in [-0.3, -0.25) is 9.78 Å². The number of hydrogen-bond donors (Lipinski definition) is 1. The number of amides is 1. The molecule has 0 bridgehead atoms. The molecular formula is C16H18N4O2. The molecule has 1 aliphatic carbocycles. The molecular weight excluding hydrogens is 280 g/mol. The molecule has 0 radical (unpaired) electrons. The number of carbonyl (C=O) groups is 1. The first-order chi connectivity index (χ1) is 10.8. The van der Waals surface area contributed by atoms with Crippen LogP contribution in [0.5, 0.6) is 0 Å². The summed E-state index contributed by atoms with van der Waals surface area (Å²) in [5.41, 5.74) is 0.222. The zero-order valence-electron chi connectivity index (χ0n) is 12.3. The first kappa shape index (κ1) is 13.4. The molecule has 1 amide bonds. The van der Waals surface area contributed by atoms with Crippen LogP contribution < -0.4 is 5.32 Å². The quantitative estimate of drug-likeness (QED) is 0.938. The summed E-state index contributed by atoms with van der Waals surface area (Å²) in [5.74, 6) is 1.35. The minimum atomic E-state index is -0.630. The predicted molar refractivity (Wildman–Crippen MR) is 78.8 cm³/mol. The molecule has 6 nitrogen and oxygen atoms in total. The highest BCUT2D eigenvalue weighted by Gasteiger charge is 2.54. The summed E-state index contributed by atoms with van der Waals surface area (Å²) >= 11 is 0. The van der Waals surface area contributed by atoms with Gasteiger partial charge in [0.05, 0.1) is 0 Å². The predicted octanol–water partition coefficient (Wildman–Crippen LogP) is 2.08. The third-order valence-corrected chi connectivity index (χ3v) is 5.01. The minimum absolute atomic E-state index is 0.0457. The largest absolute Gasteiger partial charge is 0.355 e. The topological polar surface area (TPSA) is 80.9 Å². The molecule has 2 aliphatic rings. The lowest BCUT2D eigenvalue weighted by Gasteiger charge is -2.28. The Morgan fingerprint density at radius 3 is 2.68 bits per heavy atom. The fourth-order valence-electron chi connectivity index (χ4n) is 3.85. The average Bonchev–Trinajstić information content (AvgIpc) is 3.29.